The highest BCUT2D eigenvalue weighted by Gasteiger charge is 2.26. The second-order valence-electron chi connectivity index (χ2n) is 6.04. The number of nitrogens with zero attached hydrogens (tertiary/aromatic N) is 1. The first kappa shape index (κ1) is 14.9. The van der Waals surface area contributed by atoms with Crippen molar-refractivity contribution in [1.82, 2.24) is 4.90 Å². The van der Waals surface area contributed by atoms with E-state index in [2.05, 4.69) is 20.8 Å². The van der Waals surface area contributed by atoms with Gasteiger partial charge in [-0.2, -0.15) is 0 Å². The normalized spacial score (nSPS) is 20.6. The first-order valence-corrected chi connectivity index (χ1v) is 7.50. The van der Waals surface area contributed by atoms with Crippen molar-refractivity contribution in [3.8, 4) is 5.75 Å². The SMILES string of the molecule is Cc1ccc(O[C@H](C)C(=O)N2CCC[C@@H](C)C2)cc1C. The van der Waals surface area contributed by atoms with E-state index in [1.165, 1.54) is 17.5 Å². The van der Waals surface area contributed by atoms with Crippen molar-refractivity contribution in [2.24, 2.45) is 5.92 Å². The molecule has 20 heavy (non-hydrogen) atoms. The molecule has 0 N–H and O–H groups in total. The molecule has 1 aromatic carbocycles. The van der Waals surface area contributed by atoms with E-state index in [0.29, 0.717) is 5.92 Å². The van der Waals surface area contributed by atoms with Gasteiger partial charge in [-0.25, -0.2) is 0 Å². The molecule has 2 rings (SSSR count). The molecular weight excluding hydrogens is 250 g/mol. The molecule has 1 heterocycles. The first-order chi connectivity index (χ1) is 9.47. The topological polar surface area (TPSA) is 29.5 Å². The highest BCUT2D eigenvalue weighted by Crippen LogP contribution is 2.20. The maximum atomic E-state index is 12.4. The van der Waals surface area contributed by atoms with Crippen LogP contribution in [0, 0.1) is 19.8 Å². The van der Waals surface area contributed by atoms with Gasteiger partial charge in [0.1, 0.15) is 5.75 Å². The van der Waals surface area contributed by atoms with Crippen LogP contribution < -0.4 is 4.74 Å². The van der Waals surface area contributed by atoms with E-state index in [-0.39, 0.29) is 5.91 Å². The van der Waals surface area contributed by atoms with E-state index >= 15 is 0 Å². The minimum atomic E-state index is -0.414. The van der Waals surface area contributed by atoms with Crippen molar-refractivity contribution in [3.05, 3.63) is 29.3 Å². The number of hydrogen-bond acceptors (Lipinski definition) is 2. The molecule has 0 aliphatic carbocycles. The van der Waals surface area contributed by atoms with Gasteiger partial charge in [-0.15, -0.1) is 0 Å². The van der Waals surface area contributed by atoms with Gasteiger partial charge in [-0.1, -0.05) is 13.0 Å². The molecule has 2 atom stereocenters. The third-order valence-electron chi connectivity index (χ3n) is 4.11. The molecule has 0 saturated carbocycles. The molecule has 0 aromatic heterocycles. The van der Waals surface area contributed by atoms with Crippen molar-refractivity contribution < 1.29 is 9.53 Å². The number of rotatable bonds is 3. The van der Waals surface area contributed by atoms with Gasteiger partial charge >= 0.3 is 0 Å². The summed E-state index contributed by atoms with van der Waals surface area (Å²) in [5.41, 5.74) is 2.43. The summed E-state index contributed by atoms with van der Waals surface area (Å²) in [7, 11) is 0. The predicted octanol–water partition coefficient (Wildman–Crippen LogP) is 3.33. The van der Waals surface area contributed by atoms with E-state index in [1.54, 1.807) is 0 Å². The predicted molar refractivity (Wildman–Crippen MR) is 81.0 cm³/mol. The quantitative estimate of drug-likeness (QED) is 0.847. The van der Waals surface area contributed by atoms with Gasteiger partial charge in [0.15, 0.2) is 6.10 Å². The molecule has 1 amide bonds. The van der Waals surface area contributed by atoms with Gasteiger partial charge in [0, 0.05) is 13.1 Å². The van der Waals surface area contributed by atoms with E-state index in [4.69, 9.17) is 4.74 Å². The van der Waals surface area contributed by atoms with Crippen LogP contribution in [0.3, 0.4) is 0 Å². The summed E-state index contributed by atoms with van der Waals surface area (Å²) in [6.45, 7) is 9.90. The Morgan fingerprint density at radius 3 is 2.75 bits per heavy atom. The number of aryl methyl sites for hydroxylation is 2. The van der Waals surface area contributed by atoms with Crippen molar-refractivity contribution in [2.75, 3.05) is 13.1 Å². The summed E-state index contributed by atoms with van der Waals surface area (Å²) in [5.74, 6) is 1.48. The number of ether oxygens (including phenoxy) is 1. The molecule has 110 valence electrons. The highest BCUT2D eigenvalue weighted by molar-refractivity contribution is 5.81. The fraction of sp³-hybridized carbons (Fsp3) is 0.588. The maximum Gasteiger partial charge on any atom is 0.263 e. The molecular formula is C17H25NO2. The van der Waals surface area contributed by atoms with E-state index in [0.717, 1.165) is 25.3 Å². The average Bonchev–Trinajstić information content (AvgIpc) is 2.42. The molecule has 1 saturated heterocycles. The van der Waals surface area contributed by atoms with Gasteiger partial charge in [0.05, 0.1) is 0 Å². The molecule has 3 heteroatoms. The summed E-state index contributed by atoms with van der Waals surface area (Å²) in [4.78, 5) is 14.3. The van der Waals surface area contributed by atoms with Crippen LogP contribution in [0.4, 0.5) is 0 Å². The standard InChI is InChI=1S/C17H25NO2/c1-12-6-5-9-18(11-12)17(19)15(4)20-16-8-7-13(2)14(3)10-16/h7-8,10,12,15H,5-6,9,11H2,1-4H3/t12-,15-/m1/s1. The van der Waals surface area contributed by atoms with Crippen LogP contribution in [0.5, 0.6) is 5.75 Å². The lowest BCUT2D eigenvalue weighted by Crippen LogP contribution is -2.45. The third kappa shape index (κ3) is 3.53. The zero-order valence-corrected chi connectivity index (χ0v) is 13.0. The van der Waals surface area contributed by atoms with Gasteiger partial charge in [-0.05, 0) is 62.8 Å². The lowest BCUT2D eigenvalue weighted by Gasteiger charge is -2.32. The first-order valence-electron chi connectivity index (χ1n) is 7.50. The number of carbonyl (C=O) groups is 1. The second kappa shape index (κ2) is 6.29. The van der Waals surface area contributed by atoms with E-state index < -0.39 is 6.10 Å². The van der Waals surface area contributed by atoms with Gasteiger partial charge < -0.3 is 9.64 Å². The fourth-order valence-electron chi connectivity index (χ4n) is 2.69. The van der Waals surface area contributed by atoms with Crippen molar-refractivity contribution in [1.29, 1.82) is 0 Å². The Hall–Kier alpha value is -1.51. The Kier molecular flexibility index (Phi) is 4.69. The number of carbonyl (C=O) groups excluding carboxylic acids is 1. The molecule has 1 aliphatic heterocycles. The minimum Gasteiger partial charge on any atom is -0.481 e. The van der Waals surface area contributed by atoms with Crippen LogP contribution >= 0.6 is 0 Å². The summed E-state index contributed by atoms with van der Waals surface area (Å²) in [6, 6.07) is 5.97. The Morgan fingerprint density at radius 1 is 1.35 bits per heavy atom. The van der Waals surface area contributed by atoms with E-state index in [1.807, 2.05) is 30.0 Å². The Bertz CT molecular complexity index is 484. The molecule has 1 fully saturated rings. The van der Waals surface area contributed by atoms with Gasteiger partial charge in [0.25, 0.3) is 5.91 Å². The average molecular weight is 275 g/mol. The molecule has 0 bridgehead atoms. The molecule has 0 unspecified atom stereocenters. The van der Waals surface area contributed by atoms with Crippen LogP contribution in [0.25, 0.3) is 0 Å². The number of benzene rings is 1. The van der Waals surface area contributed by atoms with Crippen LogP contribution in [-0.2, 0) is 4.79 Å². The summed E-state index contributed by atoms with van der Waals surface area (Å²) >= 11 is 0. The smallest absolute Gasteiger partial charge is 0.263 e. The van der Waals surface area contributed by atoms with Crippen molar-refractivity contribution in [3.63, 3.8) is 0 Å². The summed E-state index contributed by atoms with van der Waals surface area (Å²) in [6.07, 6.45) is 1.90. The molecule has 3 nitrogen and oxygen atoms in total. The maximum absolute atomic E-state index is 12.4. The van der Waals surface area contributed by atoms with Crippen molar-refractivity contribution in [2.45, 2.75) is 46.6 Å². The van der Waals surface area contributed by atoms with Gasteiger partial charge in [0.2, 0.25) is 0 Å². The van der Waals surface area contributed by atoms with Gasteiger partial charge in [-0.3, -0.25) is 4.79 Å². The fourth-order valence-corrected chi connectivity index (χ4v) is 2.69. The zero-order valence-electron chi connectivity index (χ0n) is 13.0. The number of piperidine rings is 1. The monoisotopic (exact) mass is 275 g/mol. The highest BCUT2D eigenvalue weighted by atomic mass is 16.5. The minimum absolute atomic E-state index is 0.106. The number of likely N-dealkylation sites (tertiary alicyclic amines) is 1. The van der Waals surface area contributed by atoms with Crippen molar-refractivity contribution >= 4 is 5.91 Å². The van der Waals surface area contributed by atoms with E-state index in [9.17, 15) is 4.79 Å². The van der Waals surface area contributed by atoms with Crippen LogP contribution in [0.1, 0.15) is 37.8 Å². The molecule has 1 aromatic rings. The van der Waals surface area contributed by atoms with Crippen LogP contribution in [0.2, 0.25) is 0 Å². The van der Waals surface area contributed by atoms with Crippen LogP contribution in [0.15, 0.2) is 18.2 Å². The molecule has 0 radical (unpaired) electrons. The number of hydrogen-bond donors (Lipinski definition) is 0. The summed E-state index contributed by atoms with van der Waals surface area (Å²) < 4.78 is 5.81. The molecule has 0 spiro atoms. The Balaban J connectivity index is 1.98. The Labute approximate surface area is 121 Å². The van der Waals surface area contributed by atoms with Crippen LogP contribution in [-0.4, -0.2) is 30.0 Å². The third-order valence-corrected chi connectivity index (χ3v) is 4.11. The lowest BCUT2D eigenvalue weighted by atomic mass is 10.00. The molecule has 1 aliphatic rings. The largest absolute Gasteiger partial charge is 0.481 e. The number of amides is 1. The Morgan fingerprint density at radius 2 is 2.10 bits per heavy atom. The summed E-state index contributed by atoms with van der Waals surface area (Å²) in [5, 5.41) is 0. The second-order valence-corrected chi connectivity index (χ2v) is 6.04. The zero-order chi connectivity index (χ0) is 14.7. The lowest BCUT2D eigenvalue weighted by molar-refractivity contribution is -0.139.